The van der Waals surface area contributed by atoms with Crippen LogP contribution in [-0.4, -0.2) is 30.1 Å². The minimum Gasteiger partial charge on any atom is -0.481 e. The number of methoxy groups -OCH3 is 1. The van der Waals surface area contributed by atoms with Crippen LogP contribution in [-0.2, 0) is 27.2 Å². The van der Waals surface area contributed by atoms with Crippen LogP contribution >= 0.6 is 11.3 Å². The highest BCUT2D eigenvalue weighted by atomic mass is 32.1. The first-order valence-corrected chi connectivity index (χ1v) is 11.2. The number of carbonyl (C=O) groups is 3. The zero-order valence-electron chi connectivity index (χ0n) is 17.7. The Bertz CT molecular complexity index is 807. The van der Waals surface area contributed by atoms with Crippen LogP contribution in [0.1, 0.15) is 73.7 Å². The summed E-state index contributed by atoms with van der Waals surface area (Å²) in [6.07, 6.45) is 5.42. The van der Waals surface area contributed by atoms with Crippen LogP contribution in [0.5, 0.6) is 0 Å². The number of rotatable bonds is 4. The van der Waals surface area contributed by atoms with Crippen molar-refractivity contribution >= 4 is 34.2 Å². The van der Waals surface area contributed by atoms with Crippen molar-refractivity contribution in [3.8, 4) is 0 Å². The molecule has 1 saturated carbocycles. The molecular formula is C22H31NO5S. The molecule has 3 rings (SSSR count). The van der Waals surface area contributed by atoms with E-state index in [1.807, 2.05) is 0 Å². The maximum absolute atomic E-state index is 13.0. The molecule has 1 aromatic rings. The molecule has 1 amide bonds. The summed E-state index contributed by atoms with van der Waals surface area (Å²) in [6.45, 7) is 6.69. The molecule has 1 heterocycles. The molecule has 0 saturated heterocycles. The van der Waals surface area contributed by atoms with Gasteiger partial charge in [0.05, 0.1) is 24.5 Å². The lowest BCUT2D eigenvalue weighted by Gasteiger charge is -2.33. The number of amides is 1. The van der Waals surface area contributed by atoms with Crippen molar-refractivity contribution in [1.82, 2.24) is 0 Å². The fraction of sp³-hybridized carbons (Fsp3) is 0.682. The van der Waals surface area contributed by atoms with Crippen LogP contribution in [0.3, 0.4) is 0 Å². The lowest BCUT2D eigenvalue weighted by atomic mass is 9.72. The molecule has 0 spiro atoms. The topological polar surface area (TPSA) is 92.7 Å². The Kier molecular flexibility index (Phi) is 6.36. The van der Waals surface area contributed by atoms with E-state index in [1.165, 1.54) is 18.4 Å². The van der Waals surface area contributed by atoms with Crippen LogP contribution in [0.15, 0.2) is 0 Å². The lowest BCUT2D eigenvalue weighted by molar-refractivity contribution is -0.147. The van der Waals surface area contributed by atoms with Crippen molar-refractivity contribution in [1.29, 1.82) is 0 Å². The summed E-state index contributed by atoms with van der Waals surface area (Å²) in [6, 6.07) is 0. The summed E-state index contributed by atoms with van der Waals surface area (Å²) in [7, 11) is 1.35. The highest BCUT2D eigenvalue weighted by Gasteiger charge is 2.38. The lowest BCUT2D eigenvalue weighted by Crippen LogP contribution is -2.36. The molecule has 2 aliphatic carbocycles. The van der Waals surface area contributed by atoms with Crippen molar-refractivity contribution in [3.63, 3.8) is 0 Å². The van der Waals surface area contributed by atoms with E-state index >= 15 is 0 Å². The minimum absolute atomic E-state index is 0.174. The Labute approximate surface area is 176 Å². The van der Waals surface area contributed by atoms with Gasteiger partial charge in [0.25, 0.3) is 0 Å². The zero-order chi connectivity index (χ0) is 21.3. The normalized spacial score (nSPS) is 24.5. The largest absolute Gasteiger partial charge is 0.481 e. The average Bonchev–Trinajstić information content (AvgIpc) is 3.03. The van der Waals surface area contributed by atoms with Gasteiger partial charge in [0.15, 0.2) is 0 Å². The van der Waals surface area contributed by atoms with E-state index in [4.69, 9.17) is 4.74 Å². The van der Waals surface area contributed by atoms with Gasteiger partial charge >= 0.3 is 11.9 Å². The second-order valence-electron chi connectivity index (χ2n) is 9.33. The predicted molar refractivity (Wildman–Crippen MR) is 112 cm³/mol. The van der Waals surface area contributed by atoms with Crippen LogP contribution < -0.4 is 5.32 Å². The van der Waals surface area contributed by atoms with Gasteiger partial charge in [0, 0.05) is 4.88 Å². The van der Waals surface area contributed by atoms with E-state index in [2.05, 4.69) is 26.1 Å². The molecule has 0 aromatic carbocycles. The number of carboxylic acids is 1. The molecule has 0 aliphatic heterocycles. The number of carbonyl (C=O) groups excluding carboxylic acids is 2. The van der Waals surface area contributed by atoms with Crippen molar-refractivity contribution in [2.75, 3.05) is 12.4 Å². The van der Waals surface area contributed by atoms with Crippen molar-refractivity contribution in [2.24, 2.45) is 23.2 Å². The fourth-order valence-electron chi connectivity index (χ4n) is 4.68. The Hall–Kier alpha value is -1.89. The van der Waals surface area contributed by atoms with Gasteiger partial charge in [-0.1, -0.05) is 33.6 Å². The second-order valence-corrected chi connectivity index (χ2v) is 10.4. The summed E-state index contributed by atoms with van der Waals surface area (Å²) in [5.74, 6) is -2.37. The van der Waals surface area contributed by atoms with Crippen LogP contribution in [0.4, 0.5) is 5.00 Å². The standard InChI is InChI=1S/C22H31NO5S/c1-22(2,3)12-9-10-15-16(11-12)29-19(17(15)21(27)28-4)23-18(24)13-7-5-6-8-14(13)20(25)26/h12-14H,5-11H2,1-4H3,(H,23,24)(H,25,26)/t12-,13-,14+/m1/s1. The van der Waals surface area contributed by atoms with Crippen LogP contribution in [0, 0.1) is 23.2 Å². The SMILES string of the molecule is COC(=O)c1c(NC(=O)[C@@H]2CCCC[C@@H]2C(=O)O)sc2c1CC[C@@H](C(C)(C)C)C2. The summed E-state index contributed by atoms with van der Waals surface area (Å²) < 4.78 is 5.00. The maximum atomic E-state index is 13.0. The molecular weight excluding hydrogens is 390 g/mol. The number of hydrogen-bond acceptors (Lipinski definition) is 5. The van der Waals surface area contributed by atoms with Gasteiger partial charge in [-0.2, -0.15) is 0 Å². The zero-order valence-corrected chi connectivity index (χ0v) is 18.5. The first-order chi connectivity index (χ1) is 13.6. The Balaban J connectivity index is 1.89. The van der Waals surface area contributed by atoms with Crippen LogP contribution in [0.2, 0.25) is 0 Å². The van der Waals surface area contributed by atoms with Gasteiger partial charge < -0.3 is 15.2 Å². The molecule has 1 aromatic heterocycles. The van der Waals surface area contributed by atoms with E-state index in [0.29, 0.717) is 29.3 Å². The van der Waals surface area contributed by atoms with Gasteiger partial charge in [0.1, 0.15) is 5.00 Å². The maximum Gasteiger partial charge on any atom is 0.341 e. The van der Waals surface area contributed by atoms with Crippen molar-refractivity contribution in [3.05, 3.63) is 16.0 Å². The first-order valence-electron chi connectivity index (χ1n) is 10.4. The molecule has 7 heteroatoms. The first kappa shape index (κ1) is 21.8. The number of carboxylic acid groups (broad SMARTS) is 1. The number of anilines is 1. The second kappa shape index (κ2) is 8.46. The Morgan fingerprint density at radius 2 is 1.76 bits per heavy atom. The number of ether oxygens (including phenoxy) is 1. The molecule has 6 nitrogen and oxygen atoms in total. The molecule has 29 heavy (non-hydrogen) atoms. The van der Waals surface area contributed by atoms with E-state index in [0.717, 1.165) is 42.5 Å². The van der Waals surface area contributed by atoms with Crippen molar-refractivity contribution in [2.45, 2.75) is 65.7 Å². The van der Waals surface area contributed by atoms with E-state index in [-0.39, 0.29) is 11.3 Å². The summed E-state index contributed by atoms with van der Waals surface area (Å²) in [5.41, 5.74) is 1.61. The number of hydrogen-bond donors (Lipinski definition) is 2. The molecule has 160 valence electrons. The highest BCUT2D eigenvalue weighted by Crippen LogP contribution is 2.45. The molecule has 0 unspecified atom stereocenters. The number of esters is 1. The fourth-order valence-corrected chi connectivity index (χ4v) is 5.99. The summed E-state index contributed by atoms with van der Waals surface area (Å²) >= 11 is 1.45. The average molecular weight is 422 g/mol. The smallest absolute Gasteiger partial charge is 0.341 e. The monoisotopic (exact) mass is 421 g/mol. The molecule has 2 N–H and O–H groups in total. The molecule has 3 atom stereocenters. The third kappa shape index (κ3) is 4.49. The number of fused-ring (bicyclic) bond motifs is 1. The van der Waals surface area contributed by atoms with E-state index < -0.39 is 23.8 Å². The third-order valence-electron chi connectivity index (χ3n) is 6.54. The quantitative estimate of drug-likeness (QED) is 0.698. The van der Waals surface area contributed by atoms with Crippen molar-refractivity contribution < 1.29 is 24.2 Å². The molecule has 2 aliphatic rings. The minimum atomic E-state index is -0.920. The summed E-state index contributed by atoms with van der Waals surface area (Å²) in [5, 5.41) is 12.9. The van der Waals surface area contributed by atoms with E-state index in [1.54, 1.807) is 0 Å². The molecule has 0 bridgehead atoms. The van der Waals surface area contributed by atoms with Gasteiger partial charge in [0.2, 0.25) is 5.91 Å². The van der Waals surface area contributed by atoms with E-state index in [9.17, 15) is 19.5 Å². The predicted octanol–water partition coefficient (Wildman–Crippen LogP) is 4.52. The van der Waals surface area contributed by atoms with Gasteiger partial charge in [-0.15, -0.1) is 11.3 Å². The van der Waals surface area contributed by atoms with Gasteiger partial charge in [-0.05, 0) is 49.0 Å². The van der Waals surface area contributed by atoms with Gasteiger partial charge in [-0.3, -0.25) is 9.59 Å². The Morgan fingerprint density at radius 1 is 1.10 bits per heavy atom. The highest BCUT2D eigenvalue weighted by molar-refractivity contribution is 7.17. The molecule has 0 radical (unpaired) electrons. The van der Waals surface area contributed by atoms with Gasteiger partial charge in [-0.25, -0.2) is 4.79 Å². The number of nitrogens with one attached hydrogen (secondary N) is 1. The number of aliphatic carboxylic acids is 1. The Morgan fingerprint density at radius 3 is 2.34 bits per heavy atom. The summed E-state index contributed by atoms with van der Waals surface area (Å²) in [4.78, 5) is 38.2. The van der Waals surface area contributed by atoms with Crippen LogP contribution in [0.25, 0.3) is 0 Å². The third-order valence-corrected chi connectivity index (χ3v) is 7.71. The molecule has 1 fully saturated rings. The number of thiophene rings is 1.